The average Bonchev–Trinajstić information content (AvgIpc) is 2.88. The van der Waals surface area contributed by atoms with Gasteiger partial charge in [0.2, 0.25) is 0 Å². The Bertz CT molecular complexity index is 1300. The lowest BCUT2D eigenvalue weighted by molar-refractivity contribution is -0.137. The molecule has 37 heavy (non-hydrogen) atoms. The van der Waals surface area contributed by atoms with Crippen LogP contribution in [0.25, 0.3) is 22.2 Å². The summed E-state index contributed by atoms with van der Waals surface area (Å²) in [5, 5.41) is 10.8. The van der Waals surface area contributed by atoms with Gasteiger partial charge in [-0.1, -0.05) is 40.5 Å². The van der Waals surface area contributed by atoms with Gasteiger partial charge in [0, 0.05) is 33.6 Å². The van der Waals surface area contributed by atoms with Crippen LogP contribution in [0, 0.1) is 0 Å². The molecule has 2 saturated heterocycles. The molecule has 0 spiro atoms. The summed E-state index contributed by atoms with van der Waals surface area (Å²) in [5.41, 5.74) is 0.740. The van der Waals surface area contributed by atoms with Gasteiger partial charge in [-0.25, -0.2) is 9.78 Å². The van der Waals surface area contributed by atoms with E-state index in [0.29, 0.717) is 33.5 Å². The van der Waals surface area contributed by atoms with Crippen LogP contribution < -0.4 is 0 Å². The SMILES string of the molecule is O=C(O)c1c(CN2CCC(N3CCCCC3)CC2)c(-c2cccc(C(F)(F)F)c2)nc2cc(Br)ccc12. The fraction of sp³-hybridized carbons (Fsp3) is 0.429. The number of hydrogen-bond acceptors (Lipinski definition) is 4. The number of carboxylic acids is 1. The maximum Gasteiger partial charge on any atom is 0.416 e. The van der Waals surface area contributed by atoms with Gasteiger partial charge in [0.25, 0.3) is 0 Å². The fourth-order valence-corrected chi connectivity index (χ4v) is 6.06. The van der Waals surface area contributed by atoms with Crippen LogP contribution in [-0.2, 0) is 12.7 Å². The number of carboxylic acid groups (broad SMARTS) is 1. The van der Waals surface area contributed by atoms with Crippen molar-refractivity contribution in [3.63, 3.8) is 0 Å². The molecule has 0 unspecified atom stereocenters. The molecule has 1 aromatic heterocycles. The van der Waals surface area contributed by atoms with Gasteiger partial charge in [-0.05, 0) is 76.1 Å². The molecule has 2 aromatic carbocycles. The molecule has 2 aliphatic rings. The molecule has 0 bridgehead atoms. The molecule has 0 radical (unpaired) electrons. The lowest BCUT2D eigenvalue weighted by Crippen LogP contribution is -2.46. The Balaban J connectivity index is 1.54. The molecule has 9 heteroatoms. The molecule has 0 saturated carbocycles. The summed E-state index contributed by atoms with van der Waals surface area (Å²) in [5.74, 6) is -1.11. The Hall–Kier alpha value is -2.49. The molecule has 0 atom stereocenters. The number of nitrogens with zero attached hydrogens (tertiary/aromatic N) is 3. The van der Waals surface area contributed by atoms with Crippen molar-refractivity contribution in [2.45, 2.75) is 50.9 Å². The Kier molecular flexibility index (Phi) is 7.56. The summed E-state index contributed by atoms with van der Waals surface area (Å²) in [6.45, 7) is 4.20. The monoisotopic (exact) mass is 575 g/mol. The number of piperidine rings is 2. The van der Waals surface area contributed by atoms with Crippen LogP contribution in [-0.4, -0.2) is 58.1 Å². The molecule has 1 N–H and O–H groups in total. The summed E-state index contributed by atoms with van der Waals surface area (Å²) in [4.78, 5) is 22.1. The van der Waals surface area contributed by atoms with Crippen molar-refractivity contribution in [2.24, 2.45) is 0 Å². The number of rotatable bonds is 5. The van der Waals surface area contributed by atoms with Gasteiger partial charge in [-0.3, -0.25) is 4.90 Å². The predicted octanol–water partition coefficient (Wildman–Crippen LogP) is 6.83. The zero-order valence-corrected chi connectivity index (χ0v) is 22.0. The molecule has 196 valence electrons. The van der Waals surface area contributed by atoms with E-state index >= 15 is 0 Å². The van der Waals surface area contributed by atoms with Crippen LogP contribution >= 0.6 is 15.9 Å². The van der Waals surface area contributed by atoms with Gasteiger partial charge in [0.15, 0.2) is 0 Å². The summed E-state index contributed by atoms with van der Waals surface area (Å²) in [7, 11) is 0. The van der Waals surface area contributed by atoms with E-state index in [4.69, 9.17) is 4.98 Å². The number of fused-ring (bicyclic) bond motifs is 1. The number of carbonyl (C=O) groups is 1. The minimum Gasteiger partial charge on any atom is -0.478 e. The Morgan fingerprint density at radius 3 is 2.43 bits per heavy atom. The van der Waals surface area contributed by atoms with E-state index in [-0.39, 0.29) is 16.8 Å². The number of hydrogen-bond donors (Lipinski definition) is 1. The molecular weight excluding hydrogens is 547 g/mol. The standard InChI is InChI=1S/C28H29BrF3N3O2/c29-20-7-8-22-24(16-20)33-26(18-5-4-6-19(15-18)28(30,31)32)23(25(22)27(36)37)17-34-13-9-21(10-14-34)35-11-2-1-3-12-35/h4-8,15-16,21H,1-3,9-14,17H2,(H,36,37). The van der Waals surface area contributed by atoms with Crippen molar-refractivity contribution >= 4 is 32.8 Å². The van der Waals surface area contributed by atoms with E-state index < -0.39 is 17.7 Å². The second-order valence-electron chi connectivity index (χ2n) is 9.96. The van der Waals surface area contributed by atoms with E-state index in [0.717, 1.165) is 51.2 Å². The number of halogens is 4. The van der Waals surface area contributed by atoms with Gasteiger partial charge >= 0.3 is 12.1 Å². The third kappa shape index (κ3) is 5.68. The van der Waals surface area contributed by atoms with Crippen LogP contribution in [0.5, 0.6) is 0 Å². The normalized spacial score (nSPS) is 18.4. The molecule has 0 aliphatic carbocycles. The first-order chi connectivity index (χ1) is 17.7. The zero-order chi connectivity index (χ0) is 26.2. The second-order valence-corrected chi connectivity index (χ2v) is 10.9. The Labute approximate surface area is 222 Å². The van der Waals surface area contributed by atoms with E-state index in [1.165, 1.54) is 25.3 Å². The fourth-order valence-electron chi connectivity index (χ4n) is 5.71. The molecule has 5 nitrogen and oxygen atoms in total. The molecule has 2 fully saturated rings. The van der Waals surface area contributed by atoms with Gasteiger partial charge in [-0.15, -0.1) is 0 Å². The predicted molar refractivity (Wildman–Crippen MR) is 141 cm³/mol. The van der Waals surface area contributed by atoms with E-state index in [2.05, 4.69) is 25.7 Å². The van der Waals surface area contributed by atoms with Crippen molar-refractivity contribution in [1.29, 1.82) is 0 Å². The maximum atomic E-state index is 13.5. The van der Waals surface area contributed by atoms with Crippen LogP contribution in [0.3, 0.4) is 0 Å². The molecule has 2 aliphatic heterocycles. The van der Waals surface area contributed by atoms with Crippen LogP contribution in [0.15, 0.2) is 46.9 Å². The smallest absolute Gasteiger partial charge is 0.416 e. The minimum atomic E-state index is -4.51. The Morgan fingerprint density at radius 1 is 1.03 bits per heavy atom. The molecule has 3 aromatic rings. The summed E-state index contributed by atoms with van der Waals surface area (Å²) < 4.78 is 41.3. The maximum absolute atomic E-state index is 13.5. The van der Waals surface area contributed by atoms with Crippen LogP contribution in [0.2, 0.25) is 0 Å². The lowest BCUT2D eigenvalue weighted by Gasteiger charge is -2.40. The van der Waals surface area contributed by atoms with Gasteiger partial charge in [0.05, 0.1) is 22.3 Å². The van der Waals surface area contributed by atoms with E-state index in [1.54, 1.807) is 24.3 Å². The highest BCUT2D eigenvalue weighted by Crippen LogP contribution is 2.36. The Morgan fingerprint density at radius 2 is 1.76 bits per heavy atom. The van der Waals surface area contributed by atoms with Crippen LogP contribution in [0.4, 0.5) is 13.2 Å². The molecular formula is C28H29BrF3N3O2. The third-order valence-electron chi connectivity index (χ3n) is 7.57. The first-order valence-electron chi connectivity index (χ1n) is 12.7. The molecule has 3 heterocycles. The van der Waals surface area contributed by atoms with Crippen molar-refractivity contribution in [3.05, 3.63) is 63.6 Å². The van der Waals surface area contributed by atoms with Gasteiger partial charge < -0.3 is 10.0 Å². The first kappa shape index (κ1) is 26.1. The summed E-state index contributed by atoms with van der Waals surface area (Å²) in [6.07, 6.45) is 1.24. The number of aromatic carboxylic acids is 1. The summed E-state index contributed by atoms with van der Waals surface area (Å²) >= 11 is 3.40. The van der Waals surface area contributed by atoms with Crippen molar-refractivity contribution in [1.82, 2.24) is 14.8 Å². The van der Waals surface area contributed by atoms with Crippen LogP contribution in [0.1, 0.15) is 53.6 Å². The van der Waals surface area contributed by atoms with E-state index in [9.17, 15) is 23.1 Å². The molecule has 0 amide bonds. The number of benzene rings is 2. The third-order valence-corrected chi connectivity index (χ3v) is 8.07. The highest BCUT2D eigenvalue weighted by molar-refractivity contribution is 9.10. The van der Waals surface area contributed by atoms with Crippen molar-refractivity contribution in [3.8, 4) is 11.3 Å². The van der Waals surface area contributed by atoms with Crippen molar-refractivity contribution < 1.29 is 23.1 Å². The number of pyridine rings is 1. The number of likely N-dealkylation sites (tertiary alicyclic amines) is 2. The molecule has 5 rings (SSSR count). The second kappa shape index (κ2) is 10.7. The summed E-state index contributed by atoms with van der Waals surface area (Å²) in [6, 6.07) is 10.7. The highest BCUT2D eigenvalue weighted by atomic mass is 79.9. The highest BCUT2D eigenvalue weighted by Gasteiger charge is 2.32. The zero-order valence-electron chi connectivity index (χ0n) is 20.4. The lowest BCUT2D eigenvalue weighted by atomic mass is 9.94. The van der Waals surface area contributed by atoms with Gasteiger partial charge in [-0.2, -0.15) is 13.2 Å². The minimum absolute atomic E-state index is 0.100. The average molecular weight is 576 g/mol. The van der Waals surface area contributed by atoms with Gasteiger partial charge in [0.1, 0.15) is 0 Å². The number of aromatic nitrogens is 1. The topological polar surface area (TPSA) is 56.7 Å². The quantitative estimate of drug-likeness (QED) is 0.361. The van der Waals surface area contributed by atoms with E-state index in [1.807, 2.05) is 0 Å². The number of alkyl halides is 3. The largest absolute Gasteiger partial charge is 0.478 e. The first-order valence-corrected chi connectivity index (χ1v) is 13.5. The van der Waals surface area contributed by atoms with Crippen molar-refractivity contribution in [2.75, 3.05) is 26.2 Å².